The number of amidine groups is 1. The molecule has 1 heterocycles. The van der Waals surface area contributed by atoms with Crippen LogP contribution in [0.4, 0.5) is 16.2 Å². The van der Waals surface area contributed by atoms with E-state index in [-0.39, 0.29) is 6.03 Å². The number of amides is 2. The summed E-state index contributed by atoms with van der Waals surface area (Å²) < 4.78 is 0. The molecule has 6 nitrogen and oxygen atoms in total. The molecule has 0 aliphatic carbocycles. The molecule has 20 heavy (non-hydrogen) atoms. The Morgan fingerprint density at radius 2 is 2.25 bits per heavy atom. The fourth-order valence-electron chi connectivity index (χ4n) is 2.02. The molecular formula is C13H15N5OS. The summed E-state index contributed by atoms with van der Waals surface area (Å²) in [6.07, 6.45) is 3.69. The predicted molar refractivity (Wildman–Crippen MR) is 81.0 cm³/mol. The summed E-state index contributed by atoms with van der Waals surface area (Å²) in [6.45, 7) is 3.86. The lowest BCUT2D eigenvalue weighted by atomic mass is 9.90. The normalized spacial score (nSPS) is 16.5. The van der Waals surface area contributed by atoms with Crippen molar-refractivity contribution < 1.29 is 4.79 Å². The second-order valence-electron chi connectivity index (χ2n) is 4.79. The SMILES string of the molecule is CSC(=Nc1ccc2c(c1)C(C)(C)NC(=O)N2)NC#N. The first kappa shape index (κ1) is 14.2. The van der Waals surface area contributed by atoms with Crippen molar-refractivity contribution in [2.24, 2.45) is 4.99 Å². The molecule has 0 bridgehead atoms. The van der Waals surface area contributed by atoms with Crippen LogP contribution in [0.15, 0.2) is 23.2 Å². The monoisotopic (exact) mass is 289 g/mol. The minimum absolute atomic E-state index is 0.213. The van der Waals surface area contributed by atoms with Crippen LogP contribution in [0, 0.1) is 11.5 Å². The Labute approximate surface area is 121 Å². The molecule has 0 saturated carbocycles. The largest absolute Gasteiger partial charge is 0.329 e. The molecule has 0 radical (unpaired) electrons. The van der Waals surface area contributed by atoms with E-state index >= 15 is 0 Å². The van der Waals surface area contributed by atoms with Gasteiger partial charge in [-0.15, -0.1) is 0 Å². The average Bonchev–Trinajstić information content (AvgIpc) is 2.38. The molecular weight excluding hydrogens is 274 g/mol. The number of nitrogens with one attached hydrogen (secondary N) is 3. The van der Waals surface area contributed by atoms with E-state index in [4.69, 9.17) is 5.26 Å². The molecule has 0 spiro atoms. The second kappa shape index (κ2) is 5.43. The van der Waals surface area contributed by atoms with Crippen LogP contribution >= 0.6 is 11.8 Å². The highest BCUT2D eigenvalue weighted by molar-refractivity contribution is 8.13. The Hall–Kier alpha value is -2.20. The maximum absolute atomic E-state index is 11.5. The van der Waals surface area contributed by atoms with Gasteiger partial charge >= 0.3 is 6.03 Å². The number of nitrogens with zero attached hydrogens (tertiary/aromatic N) is 2. The van der Waals surface area contributed by atoms with Crippen LogP contribution in [0.5, 0.6) is 0 Å². The molecule has 1 aliphatic rings. The fraction of sp³-hybridized carbons (Fsp3) is 0.308. The zero-order valence-corrected chi connectivity index (χ0v) is 12.3. The Kier molecular flexibility index (Phi) is 3.86. The number of fused-ring (bicyclic) bond motifs is 1. The minimum atomic E-state index is -0.467. The van der Waals surface area contributed by atoms with E-state index in [9.17, 15) is 4.79 Å². The Bertz CT molecular complexity index is 618. The fourth-order valence-corrected chi connectivity index (χ4v) is 2.37. The maximum atomic E-state index is 11.5. The van der Waals surface area contributed by atoms with Crippen LogP contribution in [0.25, 0.3) is 0 Å². The quantitative estimate of drug-likeness (QED) is 0.321. The van der Waals surface area contributed by atoms with E-state index in [0.29, 0.717) is 5.17 Å². The van der Waals surface area contributed by atoms with Crippen molar-refractivity contribution in [3.63, 3.8) is 0 Å². The summed E-state index contributed by atoms with van der Waals surface area (Å²) in [6, 6.07) is 5.31. The third kappa shape index (κ3) is 2.86. The summed E-state index contributed by atoms with van der Waals surface area (Å²) in [7, 11) is 0. The summed E-state index contributed by atoms with van der Waals surface area (Å²) in [4.78, 5) is 15.9. The summed E-state index contributed by atoms with van der Waals surface area (Å²) in [5.74, 6) is 0. The number of carbonyl (C=O) groups is 1. The molecule has 0 atom stereocenters. The van der Waals surface area contributed by atoms with Crippen molar-refractivity contribution in [3.05, 3.63) is 23.8 Å². The summed E-state index contributed by atoms with van der Waals surface area (Å²) in [5, 5.41) is 17.3. The van der Waals surface area contributed by atoms with Crippen LogP contribution in [0.2, 0.25) is 0 Å². The second-order valence-corrected chi connectivity index (χ2v) is 5.59. The van der Waals surface area contributed by atoms with Crippen molar-refractivity contribution >= 4 is 34.3 Å². The first-order chi connectivity index (χ1) is 9.46. The van der Waals surface area contributed by atoms with Crippen LogP contribution < -0.4 is 16.0 Å². The first-order valence-electron chi connectivity index (χ1n) is 5.98. The number of hydrogen-bond acceptors (Lipinski definition) is 4. The van der Waals surface area contributed by atoms with Gasteiger partial charge in [-0.05, 0) is 38.3 Å². The Morgan fingerprint density at radius 1 is 1.50 bits per heavy atom. The third-order valence-electron chi connectivity index (χ3n) is 2.94. The molecule has 0 unspecified atom stereocenters. The number of nitriles is 1. The highest BCUT2D eigenvalue weighted by Gasteiger charge is 2.30. The van der Waals surface area contributed by atoms with Gasteiger partial charge in [-0.3, -0.25) is 5.32 Å². The molecule has 1 aromatic rings. The van der Waals surface area contributed by atoms with Crippen molar-refractivity contribution in [1.29, 1.82) is 5.26 Å². The highest BCUT2D eigenvalue weighted by Crippen LogP contribution is 2.34. The van der Waals surface area contributed by atoms with Gasteiger partial charge in [0.1, 0.15) is 0 Å². The van der Waals surface area contributed by atoms with Gasteiger partial charge in [0.25, 0.3) is 0 Å². The predicted octanol–water partition coefficient (Wildman–Crippen LogP) is 2.48. The van der Waals surface area contributed by atoms with Gasteiger partial charge < -0.3 is 10.6 Å². The molecule has 0 aromatic heterocycles. The molecule has 3 N–H and O–H groups in total. The zero-order valence-electron chi connectivity index (χ0n) is 11.4. The summed E-state index contributed by atoms with van der Waals surface area (Å²) >= 11 is 1.36. The number of carbonyl (C=O) groups excluding carboxylic acids is 1. The van der Waals surface area contributed by atoms with Gasteiger partial charge in [0.15, 0.2) is 11.4 Å². The maximum Gasteiger partial charge on any atom is 0.319 e. The van der Waals surface area contributed by atoms with Gasteiger partial charge in [0.05, 0.1) is 11.2 Å². The molecule has 1 aromatic carbocycles. The molecule has 2 amide bonds. The number of urea groups is 1. The van der Waals surface area contributed by atoms with Crippen molar-refractivity contribution in [1.82, 2.24) is 10.6 Å². The number of aliphatic imine (C=N–C) groups is 1. The highest BCUT2D eigenvalue weighted by atomic mass is 32.2. The van der Waals surface area contributed by atoms with Crippen molar-refractivity contribution in [2.75, 3.05) is 11.6 Å². The number of thioether (sulfide) groups is 1. The van der Waals surface area contributed by atoms with Gasteiger partial charge in [0, 0.05) is 11.3 Å². The molecule has 1 aliphatic heterocycles. The number of rotatable bonds is 1. The molecule has 0 saturated heterocycles. The van der Waals surface area contributed by atoms with Gasteiger partial charge in [-0.1, -0.05) is 11.8 Å². The van der Waals surface area contributed by atoms with E-state index in [1.165, 1.54) is 11.8 Å². The average molecular weight is 289 g/mol. The minimum Gasteiger partial charge on any atom is -0.329 e. The van der Waals surface area contributed by atoms with E-state index in [2.05, 4.69) is 20.9 Å². The van der Waals surface area contributed by atoms with E-state index in [1.807, 2.05) is 38.4 Å². The Morgan fingerprint density at radius 3 is 2.90 bits per heavy atom. The lowest BCUT2D eigenvalue weighted by molar-refractivity contribution is 0.239. The van der Waals surface area contributed by atoms with Crippen LogP contribution in [-0.4, -0.2) is 17.5 Å². The first-order valence-corrected chi connectivity index (χ1v) is 7.20. The lowest BCUT2D eigenvalue weighted by Crippen LogP contribution is -2.47. The molecule has 0 fully saturated rings. The topological polar surface area (TPSA) is 89.3 Å². The molecule has 7 heteroatoms. The van der Waals surface area contributed by atoms with Gasteiger partial charge in [0.2, 0.25) is 0 Å². The molecule has 104 valence electrons. The number of benzene rings is 1. The van der Waals surface area contributed by atoms with Crippen molar-refractivity contribution in [2.45, 2.75) is 19.4 Å². The van der Waals surface area contributed by atoms with Crippen LogP contribution in [0.3, 0.4) is 0 Å². The van der Waals surface area contributed by atoms with Gasteiger partial charge in [-0.25, -0.2) is 9.79 Å². The third-order valence-corrected chi connectivity index (χ3v) is 3.52. The van der Waals surface area contributed by atoms with Crippen LogP contribution in [-0.2, 0) is 5.54 Å². The standard InChI is InChI=1S/C13H15N5OS/c1-13(2)9-6-8(16-12(20-3)15-7-14)4-5-10(9)17-11(19)18-13/h4-6H,1-3H3,(H,15,16)(H2,17,18,19). The van der Waals surface area contributed by atoms with E-state index < -0.39 is 5.54 Å². The molecule has 2 rings (SSSR count). The van der Waals surface area contributed by atoms with E-state index in [0.717, 1.165) is 16.9 Å². The van der Waals surface area contributed by atoms with Crippen molar-refractivity contribution in [3.8, 4) is 6.19 Å². The van der Waals surface area contributed by atoms with Crippen LogP contribution in [0.1, 0.15) is 19.4 Å². The van der Waals surface area contributed by atoms with E-state index in [1.54, 1.807) is 6.07 Å². The zero-order chi connectivity index (χ0) is 14.8. The smallest absolute Gasteiger partial charge is 0.319 e. The lowest BCUT2D eigenvalue weighted by Gasteiger charge is -2.33. The Balaban J connectivity index is 2.42. The number of hydrogen-bond donors (Lipinski definition) is 3. The number of anilines is 1. The summed E-state index contributed by atoms with van der Waals surface area (Å²) in [5.41, 5.74) is 1.99. The van der Waals surface area contributed by atoms with Gasteiger partial charge in [-0.2, -0.15) is 5.26 Å².